The number of nitrogens with one attached hydrogen (secondary N) is 1. The SMILES string of the molecule is Cc1cc(C(=O)N2CC3CCCNC3C2)ccc1F. The van der Waals surface area contributed by atoms with E-state index in [9.17, 15) is 9.18 Å². The van der Waals surface area contributed by atoms with E-state index in [0.717, 1.165) is 19.6 Å². The molecule has 2 unspecified atom stereocenters. The zero-order chi connectivity index (χ0) is 13.4. The summed E-state index contributed by atoms with van der Waals surface area (Å²) in [6, 6.07) is 5.05. The number of amides is 1. The molecule has 3 rings (SSSR count). The topological polar surface area (TPSA) is 32.3 Å². The van der Waals surface area contributed by atoms with E-state index in [0.29, 0.717) is 23.1 Å². The lowest BCUT2D eigenvalue weighted by Gasteiger charge is -2.24. The molecular weight excluding hydrogens is 243 g/mol. The highest BCUT2D eigenvalue weighted by Gasteiger charge is 2.36. The number of piperidine rings is 1. The molecule has 2 heterocycles. The first-order valence-corrected chi connectivity index (χ1v) is 6.94. The van der Waals surface area contributed by atoms with Crippen LogP contribution in [-0.4, -0.2) is 36.5 Å². The van der Waals surface area contributed by atoms with Crippen molar-refractivity contribution in [2.45, 2.75) is 25.8 Å². The number of carbonyl (C=O) groups excluding carboxylic acids is 1. The van der Waals surface area contributed by atoms with Crippen LogP contribution in [0, 0.1) is 18.7 Å². The molecule has 0 radical (unpaired) electrons. The summed E-state index contributed by atoms with van der Waals surface area (Å²) < 4.78 is 13.2. The fourth-order valence-corrected chi connectivity index (χ4v) is 3.17. The minimum Gasteiger partial charge on any atom is -0.337 e. The second-order valence-corrected chi connectivity index (χ2v) is 5.64. The molecule has 3 nitrogen and oxygen atoms in total. The maximum absolute atomic E-state index is 13.2. The number of hydrogen-bond acceptors (Lipinski definition) is 2. The second-order valence-electron chi connectivity index (χ2n) is 5.64. The first-order chi connectivity index (χ1) is 9.15. The third kappa shape index (κ3) is 2.37. The largest absolute Gasteiger partial charge is 0.337 e. The van der Waals surface area contributed by atoms with Crippen LogP contribution in [0.2, 0.25) is 0 Å². The molecule has 0 aliphatic carbocycles. The lowest BCUT2D eigenvalue weighted by Crippen LogP contribution is -2.41. The highest BCUT2D eigenvalue weighted by atomic mass is 19.1. The lowest BCUT2D eigenvalue weighted by molar-refractivity contribution is 0.0785. The molecule has 2 atom stereocenters. The molecular formula is C15H19FN2O. The average molecular weight is 262 g/mol. The molecule has 1 aromatic rings. The zero-order valence-electron chi connectivity index (χ0n) is 11.2. The molecule has 2 aliphatic heterocycles. The summed E-state index contributed by atoms with van der Waals surface area (Å²) in [6.45, 7) is 4.35. The van der Waals surface area contributed by atoms with Crippen molar-refractivity contribution in [3.8, 4) is 0 Å². The van der Waals surface area contributed by atoms with E-state index in [2.05, 4.69) is 5.32 Å². The van der Waals surface area contributed by atoms with Gasteiger partial charge in [-0.05, 0) is 56.0 Å². The molecule has 1 aromatic carbocycles. The Hall–Kier alpha value is -1.42. The van der Waals surface area contributed by atoms with E-state index < -0.39 is 0 Å². The van der Waals surface area contributed by atoms with E-state index in [1.54, 1.807) is 19.1 Å². The number of halogens is 1. The number of aryl methyl sites for hydroxylation is 1. The summed E-state index contributed by atoms with van der Waals surface area (Å²) in [7, 11) is 0. The Labute approximate surface area is 112 Å². The van der Waals surface area contributed by atoms with Gasteiger partial charge in [-0.25, -0.2) is 4.39 Å². The molecule has 1 amide bonds. The van der Waals surface area contributed by atoms with Gasteiger partial charge in [0.1, 0.15) is 5.82 Å². The third-order valence-electron chi connectivity index (χ3n) is 4.29. The zero-order valence-corrected chi connectivity index (χ0v) is 11.2. The van der Waals surface area contributed by atoms with E-state index >= 15 is 0 Å². The molecule has 19 heavy (non-hydrogen) atoms. The predicted octanol–water partition coefficient (Wildman–Crippen LogP) is 1.96. The summed E-state index contributed by atoms with van der Waals surface area (Å²) in [4.78, 5) is 14.3. The third-order valence-corrected chi connectivity index (χ3v) is 4.29. The van der Waals surface area contributed by atoms with E-state index in [-0.39, 0.29) is 11.7 Å². The fourth-order valence-electron chi connectivity index (χ4n) is 3.17. The van der Waals surface area contributed by atoms with Crippen LogP contribution >= 0.6 is 0 Å². The number of nitrogens with zero attached hydrogens (tertiary/aromatic N) is 1. The Morgan fingerprint density at radius 1 is 1.42 bits per heavy atom. The number of fused-ring (bicyclic) bond motifs is 1. The van der Waals surface area contributed by atoms with Gasteiger partial charge in [0.2, 0.25) is 0 Å². The smallest absolute Gasteiger partial charge is 0.253 e. The number of carbonyl (C=O) groups is 1. The van der Waals surface area contributed by atoms with Crippen molar-refractivity contribution in [3.05, 3.63) is 35.1 Å². The highest BCUT2D eigenvalue weighted by molar-refractivity contribution is 5.94. The first kappa shape index (κ1) is 12.6. The van der Waals surface area contributed by atoms with Crippen LogP contribution in [0.15, 0.2) is 18.2 Å². The van der Waals surface area contributed by atoms with Gasteiger partial charge in [0.15, 0.2) is 0 Å². The van der Waals surface area contributed by atoms with Gasteiger partial charge >= 0.3 is 0 Å². The second kappa shape index (κ2) is 4.93. The van der Waals surface area contributed by atoms with E-state index in [4.69, 9.17) is 0 Å². The Morgan fingerprint density at radius 2 is 2.26 bits per heavy atom. The summed E-state index contributed by atoms with van der Waals surface area (Å²) >= 11 is 0. The van der Waals surface area contributed by atoms with Crippen LogP contribution in [0.1, 0.15) is 28.8 Å². The van der Waals surface area contributed by atoms with Crippen molar-refractivity contribution in [2.24, 2.45) is 5.92 Å². The Balaban J connectivity index is 1.75. The number of likely N-dealkylation sites (tertiary alicyclic amines) is 1. The number of benzene rings is 1. The van der Waals surface area contributed by atoms with Gasteiger partial charge in [0, 0.05) is 24.7 Å². The maximum atomic E-state index is 13.2. The summed E-state index contributed by atoms with van der Waals surface area (Å²) in [5, 5.41) is 3.48. The normalized spacial score (nSPS) is 26.3. The predicted molar refractivity (Wildman–Crippen MR) is 71.6 cm³/mol. The van der Waals surface area contributed by atoms with Crippen LogP contribution < -0.4 is 5.32 Å². The van der Waals surface area contributed by atoms with Gasteiger partial charge in [0.05, 0.1) is 0 Å². The minimum absolute atomic E-state index is 0.0271. The van der Waals surface area contributed by atoms with Crippen molar-refractivity contribution in [3.63, 3.8) is 0 Å². The van der Waals surface area contributed by atoms with Crippen LogP contribution in [0.3, 0.4) is 0 Å². The summed E-state index contributed by atoms with van der Waals surface area (Å²) in [5.41, 5.74) is 1.12. The molecule has 1 N–H and O–H groups in total. The quantitative estimate of drug-likeness (QED) is 0.839. The number of rotatable bonds is 1. The molecule has 0 spiro atoms. The van der Waals surface area contributed by atoms with Gasteiger partial charge < -0.3 is 10.2 Å². The minimum atomic E-state index is -0.256. The van der Waals surface area contributed by atoms with Crippen molar-refractivity contribution < 1.29 is 9.18 Å². The highest BCUT2D eigenvalue weighted by Crippen LogP contribution is 2.26. The van der Waals surface area contributed by atoms with Gasteiger partial charge in [0.25, 0.3) is 5.91 Å². The molecule has 102 valence electrons. The van der Waals surface area contributed by atoms with Crippen LogP contribution in [0.4, 0.5) is 4.39 Å². The van der Waals surface area contributed by atoms with Gasteiger partial charge in [-0.15, -0.1) is 0 Å². The molecule has 0 bridgehead atoms. The van der Waals surface area contributed by atoms with Crippen molar-refractivity contribution >= 4 is 5.91 Å². The van der Waals surface area contributed by atoms with Crippen molar-refractivity contribution in [2.75, 3.05) is 19.6 Å². The van der Waals surface area contributed by atoms with E-state index in [1.807, 2.05) is 4.90 Å². The van der Waals surface area contributed by atoms with Crippen LogP contribution in [0.5, 0.6) is 0 Å². The molecule has 2 aliphatic rings. The van der Waals surface area contributed by atoms with Crippen molar-refractivity contribution in [1.29, 1.82) is 0 Å². The Kier molecular flexibility index (Phi) is 3.27. The van der Waals surface area contributed by atoms with Gasteiger partial charge in [-0.1, -0.05) is 0 Å². The van der Waals surface area contributed by atoms with Crippen molar-refractivity contribution in [1.82, 2.24) is 10.2 Å². The van der Waals surface area contributed by atoms with Gasteiger partial charge in [-0.3, -0.25) is 4.79 Å². The van der Waals surface area contributed by atoms with Crippen LogP contribution in [0.25, 0.3) is 0 Å². The standard InChI is InChI=1S/C15H19FN2O/c1-10-7-11(4-5-13(10)16)15(19)18-8-12-3-2-6-17-14(12)9-18/h4-5,7,12,14,17H,2-3,6,8-9H2,1H3. The molecule has 0 aromatic heterocycles. The van der Waals surface area contributed by atoms with E-state index in [1.165, 1.54) is 18.9 Å². The summed E-state index contributed by atoms with van der Waals surface area (Å²) in [6.07, 6.45) is 2.39. The monoisotopic (exact) mass is 262 g/mol. The first-order valence-electron chi connectivity index (χ1n) is 6.94. The molecule has 2 fully saturated rings. The molecule has 4 heteroatoms. The van der Waals surface area contributed by atoms with Crippen LogP contribution in [-0.2, 0) is 0 Å². The maximum Gasteiger partial charge on any atom is 0.253 e. The van der Waals surface area contributed by atoms with Gasteiger partial charge in [-0.2, -0.15) is 0 Å². The summed E-state index contributed by atoms with van der Waals surface area (Å²) in [5.74, 6) is 0.354. The Bertz CT molecular complexity index is 489. The molecule has 0 saturated carbocycles. The Morgan fingerprint density at radius 3 is 3.00 bits per heavy atom. The fraction of sp³-hybridized carbons (Fsp3) is 0.533. The average Bonchev–Trinajstić information content (AvgIpc) is 2.85. The molecule has 2 saturated heterocycles. The number of hydrogen-bond donors (Lipinski definition) is 1. The lowest BCUT2D eigenvalue weighted by atomic mass is 9.94.